The van der Waals surface area contributed by atoms with Crippen LogP contribution in [0.1, 0.15) is 44.2 Å². The summed E-state index contributed by atoms with van der Waals surface area (Å²) in [6.07, 6.45) is 2.09. The second kappa shape index (κ2) is 5.11. The van der Waals surface area contributed by atoms with Gasteiger partial charge in [-0.3, -0.25) is 0 Å². The van der Waals surface area contributed by atoms with Crippen LogP contribution in [0.15, 0.2) is 30.4 Å². The van der Waals surface area contributed by atoms with Crippen molar-refractivity contribution in [2.75, 3.05) is 0 Å². The van der Waals surface area contributed by atoms with E-state index in [1.54, 1.807) is 12.1 Å². The van der Waals surface area contributed by atoms with Crippen LogP contribution in [0.5, 0.6) is 0 Å². The Morgan fingerprint density at radius 2 is 2.13 bits per heavy atom. The van der Waals surface area contributed by atoms with E-state index in [1.807, 2.05) is 13.0 Å². The topological polar surface area (TPSA) is 0 Å². The molecule has 15 heavy (non-hydrogen) atoms. The van der Waals surface area contributed by atoms with Crippen molar-refractivity contribution < 1.29 is 4.39 Å². The molecule has 0 spiro atoms. The first-order valence-electron chi connectivity index (χ1n) is 5.50. The molecule has 0 nitrogen and oxygen atoms in total. The zero-order valence-electron chi connectivity index (χ0n) is 9.81. The Hall–Kier alpha value is -1.11. The van der Waals surface area contributed by atoms with E-state index < -0.39 is 0 Å². The molecule has 0 N–H and O–H groups in total. The Morgan fingerprint density at radius 3 is 2.67 bits per heavy atom. The van der Waals surface area contributed by atoms with Crippen molar-refractivity contribution in [1.29, 1.82) is 0 Å². The molecular formula is C14H19F. The first kappa shape index (κ1) is 12.0. The molecule has 1 aromatic carbocycles. The van der Waals surface area contributed by atoms with E-state index in [2.05, 4.69) is 20.4 Å². The summed E-state index contributed by atoms with van der Waals surface area (Å²) in [6.45, 7) is 10.1. The molecule has 1 unspecified atom stereocenters. The lowest BCUT2D eigenvalue weighted by Crippen LogP contribution is -2.01. The maximum Gasteiger partial charge on any atom is 0.123 e. The van der Waals surface area contributed by atoms with Crippen molar-refractivity contribution in [1.82, 2.24) is 0 Å². The van der Waals surface area contributed by atoms with Crippen LogP contribution in [0.2, 0.25) is 0 Å². The molecular weight excluding hydrogens is 187 g/mol. The van der Waals surface area contributed by atoms with Crippen molar-refractivity contribution in [3.05, 3.63) is 47.3 Å². The summed E-state index contributed by atoms with van der Waals surface area (Å²) in [4.78, 5) is 0. The van der Waals surface area contributed by atoms with E-state index in [4.69, 9.17) is 0 Å². The lowest BCUT2D eigenvalue weighted by molar-refractivity contribution is 0.622. The van der Waals surface area contributed by atoms with Crippen molar-refractivity contribution in [3.63, 3.8) is 0 Å². The van der Waals surface area contributed by atoms with Crippen LogP contribution in [0.4, 0.5) is 4.39 Å². The number of rotatable bonds is 4. The average Bonchev–Trinajstić information content (AvgIpc) is 2.20. The highest BCUT2D eigenvalue weighted by Crippen LogP contribution is 2.27. The highest BCUT2D eigenvalue weighted by Gasteiger charge is 2.11. The van der Waals surface area contributed by atoms with Crippen LogP contribution in [0.3, 0.4) is 0 Å². The summed E-state index contributed by atoms with van der Waals surface area (Å²) < 4.78 is 13.2. The second-order valence-corrected chi connectivity index (χ2v) is 4.16. The lowest BCUT2D eigenvalue weighted by atomic mass is 9.89. The number of benzene rings is 1. The van der Waals surface area contributed by atoms with Gasteiger partial charge in [-0.25, -0.2) is 4.39 Å². The first-order chi connectivity index (χ1) is 7.06. The molecule has 1 rings (SSSR count). The standard InChI is InChI=1S/C14H19F/c1-5-6-12-7-8-13(15)9-14(12)11(4)10(2)3/h7-9,11H,2,5-6H2,1,3-4H3. The van der Waals surface area contributed by atoms with Crippen molar-refractivity contribution in [2.24, 2.45) is 0 Å². The lowest BCUT2D eigenvalue weighted by Gasteiger charge is -2.16. The summed E-state index contributed by atoms with van der Waals surface area (Å²) in [5.74, 6) is 0.0835. The van der Waals surface area contributed by atoms with E-state index in [-0.39, 0.29) is 11.7 Å². The molecule has 0 aliphatic carbocycles. The largest absolute Gasteiger partial charge is 0.207 e. The van der Waals surface area contributed by atoms with Crippen LogP contribution in [0, 0.1) is 5.82 Å². The Balaban J connectivity index is 3.11. The van der Waals surface area contributed by atoms with Gasteiger partial charge in [0, 0.05) is 5.92 Å². The van der Waals surface area contributed by atoms with E-state index in [9.17, 15) is 4.39 Å². The number of hydrogen-bond donors (Lipinski definition) is 0. The van der Waals surface area contributed by atoms with E-state index in [1.165, 1.54) is 5.56 Å². The molecule has 0 radical (unpaired) electrons. The highest BCUT2D eigenvalue weighted by atomic mass is 19.1. The van der Waals surface area contributed by atoms with Crippen LogP contribution >= 0.6 is 0 Å². The average molecular weight is 206 g/mol. The first-order valence-corrected chi connectivity index (χ1v) is 5.50. The van der Waals surface area contributed by atoms with Gasteiger partial charge in [-0.05, 0) is 36.6 Å². The normalized spacial score (nSPS) is 12.5. The van der Waals surface area contributed by atoms with Gasteiger partial charge in [0.2, 0.25) is 0 Å². The molecule has 0 saturated carbocycles. The third kappa shape index (κ3) is 2.92. The van der Waals surface area contributed by atoms with Gasteiger partial charge in [0.15, 0.2) is 0 Å². The molecule has 1 aromatic rings. The SMILES string of the molecule is C=C(C)C(C)c1cc(F)ccc1CCC. The predicted molar refractivity (Wildman–Crippen MR) is 63.6 cm³/mol. The van der Waals surface area contributed by atoms with E-state index in [0.717, 1.165) is 24.0 Å². The molecule has 0 fully saturated rings. The van der Waals surface area contributed by atoms with Gasteiger partial charge in [0.1, 0.15) is 5.82 Å². The van der Waals surface area contributed by atoms with Crippen LogP contribution < -0.4 is 0 Å². The minimum Gasteiger partial charge on any atom is -0.207 e. The summed E-state index contributed by atoms with van der Waals surface area (Å²) in [6, 6.07) is 5.08. The molecule has 1 heteroatoms. The highest BCUT2D eigenvalue weighted by molar-refractivity contribution is 5.35. The molecule has 1 atom stereocenters. The molecule has 0 aliphatic rings. The molecule has 0 saturated heterocycles. The van der Waals surface area contributed by atoms with Crippen LogP contribution in [0.25, 0.3) is 0 Å². The van der Waals surface area contributed by atoms with Crippen molar-refractivity contribution in [2.45, 2.75) is 39.5 Å². The number of aryl methyl sites for hydroxylation is 1. The molecule has 0 amide bonds. The summed E-state index contributed by atoms with van der Waals surface area (Å²) in [5, 5.41) is 0. The van der Waals surface area contributed by atoms with Gasteiger partial charge in [-0.1, -0.05) is 38.5 Å². The Bertz CT molecular complexity index is 352. The zero-order chi connectivity index (χ0) is 11.4. The fraction of sp³-hybridized carbons (Fsp3) is 0.429. The van der Waals surface area contributed by atoms with Gasteiger partial charge >= 0.3 is 0 Å². The van der Waals surface area contributed by atoms with Gasteiger partial charge in [0.05, 0.1) is 0 Å². The van der Waals surface area contributed by atoms with Crippen molar-refractivity contribution in [3.8, 4) is 0 Å². The Kier molecular flexibility index (Phi) is 4.07. The van der Waals surface area contributed by atoms with Gasteiger partial charge in [-0.15, -0.1) is 0 Å². The Morgan fingerprint density at radius 1 is 1.47 bits per heavy atom. The van der Waals surface area contributed by atoms with Gasteiger partial charge in [0.25, 0.3) is 0 Å². The second-order valence-electron chi connectivity index (χ2n) is 4.16. The maximum atomic E-state index is 13.2. The third-order valence-electron chi connectivity index (χ3n) is 2.83. The molecule has 82 valence electrons. The third-order valence-corrected chi connectivity index (χ3v) is 2.83. The number of halogens is 1. The number of hydrogen-bond acceptors (Lipinski definition) is 0. The summed E-state index contributed by atoms with van der Waals surface area (Å²) in [7, 11) is 0. The zero-order valence-corrected chi connectivity index (χ0v) is 9.81. The van der Waals surface area contributed by atoms with E-state index >= 15 is 0 Å². The van der Waals surface area contributed by atoms with Crippen LogP contribution in [-0.4, -0.2) is 0 Å². The van der Waals surface area contributed by atoms with Crippen molar-refractivity contribution >= 4 is 0 Å². The fourth-order valence-electron chi connectivity index (χ4n) is 1.73. The maximum absolute atomic E-state index is 13.2. The van der Waals surface area contributed by atoms with Gasteiger partial charge in [-0.2, -0.15) is 0 Å². The minimum absolute atomic E-state index is 0.155. The minimum atomic E-state index is -0.155. The molecule has 0 heterocycles. The monoisotopic (exact) mass is 206 g/mol. The number of allylic oxidation sites excluding steroid dienone is 1. The van der Waals surface area contributed by atoms with Crippen LogP contribution in [-0.2, 0) is 6.42 Å². The predicted octanol–water partition coefficient (Wildman–Crippen LogP) is 4.46. The summed E-state index contributed by atoms with van der Waals surface area (Å²) >= 11 is 0. The molecule has 0 aromatic heterocycles. The quantitative estimate of drug-likeness (QED) is 0.638. The Labute approximate surface area is 91.8 Å². The molecule has 0 aliphatic heterocycles. The van der Waals surface area contributed by atoms with Gasteiger partial charge < -0.3 is 0 Å². The fourth-order valence-corrected chi connectivity index (χ4v) is 1.73. The van der Waals surface area contributed by atoms with E-state index in [0.29, 0.717) is 0 Å². The summed E-state index contributed by atoms with van der Waals surface area (Å²) in [5.41, 5.74) is 3.41. The smallest absolute Gasteiger partial charge is 0.123 e. The molecule has 0 bridgehead atoms.